The van der Waals surface area contributed by atoms with Gasteiger partial charge >= 0.3 is 6.01 Å². The van der Waals surface area contributed by atoms with Crippen LogP contribution in [0.4, 0.5) is 5.69 Å². The fraction of sp³-hybridized carbons (Fsp3) is 0.267. The third-order valence-electron chi connectivity index (χ3n) is 2.85. The molecule has 0 aliphatic carbocycles. The number of anilines is 1. The lowest BCUT2D eigenvalue weighted by Crippen LogP contribution is -2.15. The van der Waals surface area contributed by atoms with Gasteiger partial charge < -0.3 is 10.1 Å². The number of halogens is 1. The van der Waals surface area contributed by atoms with E-state index in [4.69, 9.17) is 4.74 Å². The van der Waals surface area contributed by atoms with Crippen LogP contribution in [0.5, 0.6) is 6.01 Å². The van der Waals surface area contributed by atoms with E-state index in [9.17, 15) is 4.79 Å². The van der Waals surface area contributed by atoms with Crippen molar-refractivity contribution in [3.8, 4) is 6.01 Å². The monoisotopic (exact) mass is 349 g/mol. The summed E-state index contributed by atoms with van der Waals surface area (Å²) >= 11 is 3.35. The molecule has 1 heterocycles. The van der Waals surface area contributed by atoms with Gasteiger partial charge in [-0.1, -0.05) is 22.0 Å². The Morgan fingerprint density at radius 2 is 1.95 bits per heavy atom. The minimum absolute atomic E-state index is 0.199. The van der Waals surface area contributed by atoms with E-state index in [0.29, 0.717) is 35.3 Å². The summed E-state index contributed by atoms with van der Waals surface area (Å²) in [5.74, 6) is -0.199. The van der Waals surface area contributed by atoms with E-state index in [2.05, 4.69) is 31.2 Å². The molecular formula is C15H16BrN3O2. The first-order valence-corrected chi connectivity index (χ1v) is 7.35. The lowest BCUT2D eigenvalue weighted by Gasteiger charge is -2.12. The highest BCUT2D eigenvalue weighted by Crippen LogP contribution is 2.21. The van der Waals surface area contributed by atoms with Crippen LogP contribution in [0, 0.1) is 13.8 Å². The zero-order valence-corrected chi connectivity index (χ0v) is 13.7. The molecule has 0 radical (unpaired) electrons. The van der Waals surface area contributed by atoms with Gasteiger partial charge in [-0.2, -0.15) is 9.97 Å². The zero-order chi connectivity index (χ0) is 15.4. The number of amides is 1. The van der Waals surface area contributed by atoms with Crippen LogP contribution in [0.25, 0.3) is 0 Å². The number of carbonyl (C=O) groups is 1. The van der Waals surface area contributed by atoms with Crippen LogP contribution < -0.4 is 10.1 Å². The molecule has 2 aromatic rings. The summed E-state index contributed by atoms with van der Waals surface area (Å²) < 4.78 is 6.14. The van der Waals surface area contributed by atoms with E-state index in [-0.39, 0.29) is 5.91 Å². The quantitative estimate of drug-likeness (QED) is 0.917. The van der Waals surface area contributed by atoms with Crippen molar-refractivity contribution < 1.29 is 9.53 Å². The number of hydrogen-bond acceptors (Lipinski definition) is 4. The molecule has 1 amide bonds. The maximum Gasteiger partial charge on any atom is 0.316 e. The van der Waals surface area contributed by atoms with Crippen LogP contribution in [0.2, 0.25) is 0 Å². The Morgan fingerprint density at radius 3 is 2.52 bits per heavy atom. The van der Waals surface area contributed by atoms with Crippen molar-refractivity contribution >= 4 is 27.5 Å². The number of nitrogens with one attached hydrogen (secondary N) is 1. The molecule has 0 unspecified atom stereocenters. The minimum Gasteiger partial charge on any atom is -0.464 e. The van der Waals surface area contributed by atoms with E-state index in [1.807, 2.05) is 32.9 Å². The molecule has 0 aliphatic heterocycles. The Balaban J connectivity index is 2.25. The van der Waals surface area contributed by atoms with E-state index < -0.39 is 0 Å². The van der Waals surface area contributed by atoms with E-state index >= 15 is 0 Å². The lowest BCUT2D eigenvalue weighted by atomic mass is 10.2. The van der Waals surface area contributed by atoms with Gasteiger partial charge in [-0.15, -0.1) is 0 Å². The normalized spacial score (nSPS) is 10.3. The molecule has 6 heteroatoms. The molecule has 0 bridgehead atoms. The van der Waals surface area contributed by atoms with Crippen molar-refractivity contribution in [2.45, 2.75) is 20.8 Å². The van der Waals surface area contributed by atoms with Crippen molar-refractivity contribution in [1.29, 1.82) is 0 Å². The molecular weight excluding hydrogens is 334 g/mol. The summed E-state index contributed by atoms with van der Waals surface area (Å²) in [6, 6.07) is 7.52. The van der Waals surface area contributed by atoms with Crippen molar-refractivity contribution in [1.82, 2.24) is 9.97 Å². The summed E-state index contributed by atoms with van der Waals surface area (Å²) in [6.45, 7) is 6.00. The van der Waals surface area contributed by atoms with Crippen LogP contribution in [0.1, 0.15) is 28.7 Å². The summed E-state index contributed by atoms with van der Waals surface area (Å²) in [6.07, 6.45) is 0. The van der Waals surface area contributed by atoms with Gasteiger partial charge in [0.05, 0.1) is 23.7 Å². The molecule has 0 fully saturated rings. The zero-order valence-electron chi connectivity index (χ0n) is 12.1. The highest BCUT2D eigenvalue weighted by molar-refractivity contribution is 9.10. The molecule has 5 nitrogen and oxygen atoms in total. The standard InChI is InChI=1S/C15H16BrN3O2/c1-4-21-15-17-9(2)13(10(3)18-15)19-14(20)11-6-5-7-12(16)8-11/h5-8H,4H2,1-3H3,(H,19,20). The SMILES string of the molecule is CCOc1nc(C)c(NC(=O)c2cccc(Br)c2)c(C)n1. The van der Waals surface area contributed by atoms with Gasteiger partial charge in [-0.25, -0.2) is 0 Å². The van der Waals surface area contributed by atoms with E-state index in [0.717, 1.165) is 4.47 Å². The molecule has 1 aromatic carbocycles. The van der Waals surface area contributed by atoms with Gasteiger partial charge in [0.25, 0.3) is 5.91 Å². The first-order chi connectivity index (χ1) is 10.0. The average molecular weight is 350 g/mol. The molecule has 110 valence electrons. The third kappa shape index (κ3) is 3.78. The summed E-state index contributed by atoms with van der Waals surface area (Å²) in [5, 5.41) is 2.85. The largest absolute Gasteiger partial charge is 0.464 e. The Labute approximate surface area is 131 Å². The second-order valence-corrected chi connectivity index (χ2v) is 5.37. The number of aryl methyl sites for hydroxylation is 2. The number of hydrogen-bond donors (Lipinski definition) is 1. The molecule has 0 saturated carbocycles. The van der Waals surface area contributed by atoms with Gasteiger partial charge in [0.1, 0.15) is 0 Å². The maximum absolute atomic E-state index is 12.3. The van der Waals surface area contributed by atoms with Crippen LogP contribution in [-0.2, 0) is 0 Å². The van der Waals surface area contributed by atoms with Gasteiger partial charge in [-0.3, -0.25) is 4.79 Å². The van der Waals surface area contributed by atoms with Crippen LogP contribution in [0.15, 0.2) is 28.7 Å². The summed E-state index contributed by atoms with van der Waals surface area (Å²) in [5.41, 5.74) is 2.53. The fourth-order valence-corrected chi connectivity index (χ4v) is 2.27. The summed E-state index contributed by atoms with van der Waals surface area (Å²) in [7, 11) is 0. The van der Waals surface area contributed by atoms with Gasteiger partial charge in [0.15, 0.2) is 0 Å². The molecule has 0 spiro atoms. The van der Waals surface area contributed by atoms with Gasteiger partial charge in [0.2, 0.25) is 0 Å². The second-order valence-electron chi connectivity index (χ2n) is 4.45. The van der Waals surface area contributed by atoms with E-state index in [1.165, 1.54) is 0 Å². The van der Waals surface area contributed by atoms with Crippen LogP contribution >= 0.6 is 15.9 Å². The number of aromatic nitrogens is 2. The molecule has 2 rings (SSSR count). The Kier molecular flexibility index (Phi) is 4.90. The van der Waals surface area contributed by atoms with Crippen LogP contribution in [-0.4, -0.2) is 22.5 Å². The van der Waals surface area contributed by atoms with Gasteiger partial charge in [0, 0.05) is 10.0 Å². The number of rotatable bonds is 4. The van der Waals surface area contributed by atoms with Crippen molar-refractivity contribution in [3.05, 3.63) is 45.7 Å². The predicted octanol–water partition coefficient (Wildman–Crippen LogP) is 3.51. The summed E-state index contributed by atoms with van der Waals surface area (Å²) in [4.78, 5) is 20.7. The average Bonchev–Trinajstić information content (AvgIpc) is 2.43. The number of carbonyl (C=O) groups excluding carboxylic acids is 1. The Bertz CT molecular complexity index is 651. The minimum atomic E-state index is -0.199. The lowest BCUT2D eigenvalue weighted by molar-refractivity contribution is 0.102. The smallest absolute Gasteiger partial charge is 0.316 e. The van der Waals surface area contributed by atoms with Crippen molar-refractivity contribution in [2.75, 3.05) is 11.9 Å². The third-order valence-corrected chi connectivity index (χ3v) is 3.34. The first kappa shape index (κ1) is 15.4. The molecule has 1 N–H and O–H groups in total. The van der Waals surface area contributed by atoms with Crippen molar-refractivity contribution in [2.24, 2.45) is 0 Å². The maximum atomic E-state index is 12.3. The van der Waals surface area contributed by atoms with Crippen molar-refractivity contribution in [3.63, 3.8) is 0 Å². The van der Waals surface area contributed by atoms with Gasteiger partial charge in [-0.05, 0) is 39.0 Å². The molecule has 0 atom stereocenters. The predicted molar refractivity (Wildman–Crippen MR) is 84.8 cm³/mol. The fourth-order valence-electron chi connectivity index (χ4n) is 1.88. The molecule has 21 heavy (non-hydrogen) atoms. The highest BCUT2D eigenvalue weighted by atomic mass is 79.9. The second kappa shape index (κ2) is 6.67. The molecule has 1 aromatic heterocycles. The first-order valence-electron chi connectivity index (χ1n) is 6.56. The Hall–Kier alpha value is -1.95. The highest BCUT2D eigenvalue weighted by Gasteiger charge is 2.13. The topological polar surface area (TPSA) is 64.1 Å². The molecule has 0 aliphatic rings. The van der Waals surface area contributed by atoms with E-state index in [1.54, 1.807) is 12.1 Å². The number of ether oxygens (including phenoxy) is 1. The van der Waals surface area contributed by atoms with Crippen LogP contribution in [0.3, 0.4) is 0 Å². The number of nitrogens with zero attached hydrogens (tertiary/aromatic N) is 2. The molecule has 0 saturated heterocycles. The number of benzene rings is 1. The Morgan fingerprint density at radius 1 is 1.29 bits per heavy atom.